The molecule has 1 aliphatic rings. The largest absolute Gasteiger partial charge is 0.335 e. The number of hydrogen-bond donors (Lipinski definition) is 0. The Morgan fingerprint density at radius 1 is 1.19 bits per heavy atom. The van der Waals surface area contributed by atoms with Gasteiger partial charge in [0.25, 0.3) is 0 Å². The van der Waals surface area contributed by atoms with Gasteiger partial charge in [0, 0.05) is 25.2 Å². The number of hydrogen-bond acceptors (Lipinski definition) is 4. The van der Waals surface area contributed by atoms with Gasteiger partial charge in [0.05, 0.1) is 17.4 Å². The van der Waals surface area contributed by atoms with E-state index in [2.05, 4.69) is 40.7 Å². The molecule has 2 rings (SSSR count). The van der Waals surface area contributed by atoms with Crippen molar-refractivity contribution < 1.29 is 0 Å². The standard InChI is InChI=1S/C11H17ClN4/c1-8-7-16(9(2)6-15(8)3)11-13-4-10(12)5-14-11/h4-5,8-9H,6-7H2,1-3H3/t8-,9-/m0/s1. The van der Waals surface area contributed by atoms with Crippen LogP contribution >= 0.6 is 11.6 Å². The maximum Gasteiger partial charge on any atom is 0.225 e. The molecule has 2 atom stereocenters. The maximum absolute atomic E-state index is 5.79. The lowest BCUT2D eigenvalue weighted by Gasteiger charge is -2.42. The molecule has 1 aromatic rings. The van der Waals surface area contributed by atoms with E-state index in [9.17, 15) is 0 Å². The fourth-order valence-corrected chi connectivity index (χ4v) is 2.13. The number of anilines is 1. The molecule has 0 unspecified atom stereocenters. The van der Waals surface area contributed by atoms with E-state index in [1.165, 1.54) is 0 Å². The van der Waals surface area contributed by atoms with Crippen LogP contribution < -0.4 is 4.90 Å². The van der Waals surface area contributed by atoms with Crippen LogP contribution in [0.15, 0.2) is 12.4 Å². The van der Waals surface area contributed by atoms with Crippen LogP contribution in [0.4, 0.5) is 5.95 Å². The van der Waals surface area contributed by atoms with E-state index >= 15 is 0 Å². The Hall–Kier alpha value is -0.870. The van der Waals surface area contributed by atoms with Gasteiger partial charge in [-0.2, -0.15) is 0 Å². The van der Waals surface area contributed by atoms with Crippen LogP contribution in [0, 0.1) is 0 Å². The smallest absolute Gasteiger partial charge is 0.225 e. The Morgan fingerprint density at radius 3 is 2.44 bits per heavy atom. The molecule has 0 saturated carbocycles. The zero-order valence-corrected chi connectivity index (χ0v) is 10.6. The first kappa shape index (κ1) is 11.6. The van der Waals surface area contributed by atoms with Gasteiger partial charge in [0.15, 0.2) is 0 Å². The van der Waals surface area contributed by atoms with Gasteiger partial charge in [-0.05, 0) is 20.9 Å². The number of piperazine rings is 1. The van der Waals surface area contributed by atoms with Crippen LogP contribution in [0.25, 0.3) is 0 Å². The molecule has 1 fully saturated rings. The minimum absolute atomic E-state index is 0.433. The molecule has 1 saturated heterocycles. The molecule has 88 valence electrons. The highest BCUT2D eigenvalue weighted by Crippen LogP contribution is 2.19. The first-order valence-electron chi connectivity index (χ1n) is 5.52. The summed E-state index contributed by atoms with van der Waals surface area (Å²) in [5.74, 6) is 0.775. The molecule has 0 amide bonds. The van der Waals surface area contributed by atoms with E-state index in [0.717, 1.165) is 19.0 Å². The zero-order valence-electron chi connectivity index (χ0n) is 9.89. The van der Waals surface area contributed by atoms with Gasteiger partial charge >= 0.3 is 0 Å². The molecule has 0 aliphatic carbocycles. The molecule has 5 heteroatoms. The van der Waals surface area contributed by atoms with Crippen molar-refractivity contribution in [2.75, 3.05) is 25.0 Å². The highest BCUT2D eigenvalue weighted by Gasteiger charge is 2.28. The molecule has 0 bridgehead atoms. The van der Waals surface area contributed by atoms with Gasteiger partial charge in [0.1, 0.15) is 0 Å². The van der Waals surface area contributed by atoms with Crippen molar-refractivity contribution in [2.24, 2.45) is 0 Å². The molecular weight excluding hydrogens is 224 g/mol. The summed E-state index contributed by atoms with van der Waals surface area (Å²) in [7, 11) is 2.15. The van der Waals surface area contributed by atoms with Gasteiger partial charge in [-0.3, -0.25) is 4.90 Å². The first-order chi connectivity index (χ1) is 7.58. The summed E-state index contributed by atoms with van der Waals surface area (Å²) in [6.45, 7) is 6.40. The third-order valence-corrected chi connectivity index (χ3v) is 3.36. The second kappa shape index (κ2) is 4.55. The Bertz CT molecular complexity index is 354. The third-order valence-electron chi connectivity index (χ3n) is 3.16. The van der Waals surface area contributed by atoms with Gasteiger partial charge < -0.3 is 4.90 Å². The molecule has 0 spiro atoms. The Balaban J connectivity index is 2.17. The third kappa shape index (κ3) is 2.28. The fourth-order valence-electron chi connectivity index (χ4n) is 2.03. The number of nitrogens with zero attached hydrogens (tertiary/aromatic N) is 4. The van der Waals surface area contributed by atoms with Crippen molar-refractivity contribution in [1.82, 2.24) is 14.9 Å². The molecule has 16 heavy (non-hydrogen) atoms. The summed E-state index contributed by atoms with van der Waals surface area (Å²) >= 11 is 5.79. The molecule has 0 radical (unpaired) electrons. The quantitative estimate of drug-likeness (QED) is 0.748. The lowest BCUT2D eigenvalue weighted by Crippen LogP contribution is -2.55. The van der Waals surface area contributed by atoms with Crippen molar-refractivity contribution in [2.45, 2.75) is 25.9 Å². The van der Waals surface area contributed by atoms with Crippen molar-refractivity contribution in [3.8, 4) is 0 Å². The maximum atomic E-state index is 5.79. The van der Waals surface area contributed by atoms with Gasteiger partial charge in [-0.15, -0.1) is 0 Å². The van der Waals surface area contributed by atoms with Crippen LogP contribution in [0.2, 0.25) is 5.02 Å². The summed E-state index contributed by atoms with van der Waals surface area (Å²) in [5.41, 5.74) is 0. The van der Waals surface area contributed by atoms with Gasteiger partial charge in [0.2, 0.25) is 5.95 Å². The Morgan fingerprint density at radius 2 is 1.81 bits per heavy atom. The minimum atomic E-state index is 0.433. The van der Waals surface area contributed by atoms with E-state index in [4.69, 9.17) is 11.6 Å². The second-order valence-corrected chi connectivity index (χ2v) is 4.93. The number of rotatable bonds is 1. The van der Waals surface area contributed by atoms with Crippen LogP contribution in [0.5, 0.6) is 0 Å². The van der Waals surface area contributed by atoms with Crippen molar-refractivity contribution in [3.63, 3.8) is 0 Å². The van der Waals surface area contributed by atoms with Crippen molar-refractivity contribution in [3.05, 3.63) is 17.4 Å². The van der Waals surface area contributed by atoms with Crippen LogP contribution in [-0.4, -0.2) is 47.1 Å². The van der Waals surface area contributed by atoms with Crippen molar-refractivity contribution in [1.29, 1.82) is 0 Å². The van der Waals surface area contributed by atoms with E-state index < -0.39 is 0 Å². The summed E-state index contributed by atoms with van der Waals surface area (Å²) < 4.78 is 0. The van der Waals surface area contributed by atoms with E-state index in [1.807, 2.05) is 0 Å². The van der Waals surface area contributed by atoms with E-state index in [-0.39, 0.29) is 0 Å². The summed E-state index contributed by atoms with van der Waals surface area (Å²) in [6.07, 6.45) is 3.30. The lowest BCUT2D eigenvalue weighted by molar-refractivity contribution is 0.204. The molecule has 0 N–H and O–H groups in total. The highest BCUT2D eigenvalue weighted by atomic mass is 35.5. The zero-order chi connectivity index (χ0) is 11.7. The fraction of sp³-hybridized carbons (Fsp3) is 0.636. The predicted octanol–water partition coefficient (Wildman–Crippen LogP) is 1.66. The number of aromatic nitrogens is 2. The lowest BCUT2D eigenvalue weighted by atomic mass is 10.1. The monoisotopic (exact) mass is 240 g/mol. The van der Waals surface area contributed by atoms with Crippen LogP contribution in [0.3, 0.4) is 0 Å². The minimum Gasteiger partial charge on any atom is -0.335 e. The van der Waals surface area contributed by atoms with Gasteiger partial charge in [-0.25, -0.2) is 9.97 Å². The first-order valence-corrected chi connectivity index (χ1v) is 5.90. The number of likely N-dealkylation sites (N-methyl/N-ethyl adjacent to an activating group) is 1. The number of halogens is 1. The van der Waals surface area contributed by atoms with Crippen LogP contribution in [0.1, 0.15) is 13.8 Å². The molecule has 1 aromatic heterocycles. The molecule has 0 aromatic carbocycles. The highest BCUT2D eigenvalue weighted by molar-refractivity contribution is 6.30. The summed E-state index contributed by atoms with van der Waals surface area (Å²) in [6, 6.07) is 0.956. The Kier molecular flexibility index (Phi) is 3.30. The molecule has 1 aliphatic heterocycles. The molecule has 4 nitrogen and oxygen atoms in total. The summed E-state index contributed by atoms with van der Waals surface area (Å²) in [5, 5.41) is 0.582. The van der Waals surface area contributed by atoms with E-state index in [0.29, 0.717) is 17.1 Å². The van der Waals surface area contributed by atoms with E-state index in [1.54, 1.807) is 12.4 Å². The SMILES string of the molecule is C[C@H]1CN(c2ncc(Cl)cn2)[C@@H](C)CN1C. The normalized spacial score (nSPS) is 27.1. The molecule has 2 heterocycles. The van der Waals surface area contributed by atoms with Crippen molar-refractivity contribution >= 4 is 17.5 Å². The predicted molar refractivity (Wildman–Crippen MR) is 65.9 cm³/mol. The average Bonchev–Trinajstić information content (AvgIpc) is 2.25. The van der Waals surface area contributed by atoms with Crippen LogP contribution in [-0.2, 0) is 0 Å². The average molecular weight is 241 g/mol. The van der Waals surface area contributed by atoms with Gasteiger partial charge in [-0.1, -0.05) is 11.6 Å². The Labute approximate surface area is 101 Å². The second-order valence-electron chi connectivity index (χ2n) is 4.49. The topological polar surface area (TPSA) is 32.3 Å². The molecular formula is C11H17ClN4. The summed E-state index contributed by atoms with van der Waals surface area (Å²) in [4.78, 5) is 13.1.